The van der Waals surface area contributed by atoms with Gasteiger partial charge in [0.15, 0.2) is 5.11 Å². The second-order valence-electron chi connectivity index (χ2n) is 5.48. The molecule has 1 aliphatic carbocycles. The Balaban J connectivity index is 1.76. The van der Waals surface area contributed by atoms with E-state index < -0.39 is 0 Å². The molecule has 1 aromatic rings. The predicted molar refractivity (Wildman–Crippen MR) is 94.1 cm³/mol. The monoisotopic (exact) mass is 318 g/mol. The highest BCUT2D eigenvalue weighted by Gasteiger charge is 2.13. The average Bonchev–Trinajstić information content (AvgIpc) is 2.49. The van der Waals surface area contributed by atoms with Gasteiger partial charge in [0, 0.05) is 18.7 Å². The van der Waals surface area contributed by atoms with Crippen molar-refractivity contribution in [3.63, 3.8) is 0 Å². The van der Waals surface area contributed by atoms with Crippen molar-refractivity contribution in [1.29, 1.82) is 0 Å². The van der Waals surface area contributed by atoms with Crippen molar-refractivity contribution < 1.29 is 4.79 Å². The summed E-state index contributed by atoms with van der Waals surface area (Å²) in [5, 5.41) is 10.7. The number of carbonyl (C=O) groups is 1. The average molecular weight is 318 g/mol. The number of nitrogens with one attached hydrogen (secondary N) is 3. The molecule has 1 aromatic carbocycles. The first-order valence-electron chi connectivity index (χ1n) is 7.61. The standard InChI is InChI=1S/C16H22N4OS/c1-12(21)18-15-9-7-13(8-10-15)11-17-20-16(22)19-14-5-3-2-4-6-14/h7-11,14H,2-6H2,1H3,(H,18,21)(H2,19,20,22)/b17-11-. The lowest BCUT2D eigenvalue weighted by Gasteiger charge is -2.23. The number of thiocarbonyl (C=S) groups is 1. The molecule has 0 heterocycles. The van der Waals surface area contributed by atoms with Gasteiger partial charge in [-0.3, -0.25) is 10.2 Å². The van der Waals surface area contributed by atoms with Crippen molar-refractivity contribution in [1.82, 2.24) is 10.7 Å². The van der Waals surface area contributed by atoms with Gasteiger partial charge in [-0.2, -0.15) is 5.10 Å². The number of hydrogen-bond donors (Lipinski definition) is 3. The second kappa shape index (κ2) is 8.48. The topological polar surface area (TPSA) is 65.5 Å². The van der Waals surface area contributed by atoms with E-state index in [1.165, 1.54) is 39.0 Å². The minimum atomic E-state index is -0.0813. The van der Waals surface area contributed by atoms with Crippen LogP contribution in [0.2, 0.25) is 0 Å². The first-order valence-corrected chi connectivity index (χ1v) is 8.01. The molecule has 1 amide bonds. The zero-order valence-corrected chi connectivity index (χ0v) is 13.6. The normalized spacial score (nSPS) is 15.5. The molecule has 22 heavy (non-hydrogen) atoms. The summed E-state index contributed by atoms with van der Waals surface area (Å²) in [6, 6.07) is 7.91. The number of amides is 1. The lowest BCUT2D eigenvalue weighted by atomic mass is 9.96. The molecule has 0 unspecified atom stereocenters. The van der Waals surface area contributed by atoms with Crippen LogP contribution in [0.25, 0.3) is 0 Å². The summed E-state index contributed by atoms with van der Waals surface area (Å²) in [5.41, 5.74) is 4.55. The predicted octanol–water partition coefficient (Wildman–Crippen LogP) is 2.78. The van der Waals surface area contributed by atoms with Crippen LogP contribution in [0.5, 0.6) is 0 Å². The van der Waals surface area contributed by atoms with Gasteiger partial charge in [-0.05, 0) is 42.8 Å². The van der Waals surface area contributed by atoms with E-state index in [0.717, 1.165) is 11.3 Å². The van der Waals surface area contributed by atoms with E-state index in [9.17, 15) is 4.79 Å². The fraction of sp³-hybridized carbons (Fsp3) is 0.438. The van der Waals surface area contributed by atoms with E-state index in [1.54, 1.807) is 6.21 Å². The number of hydrazone groups is 1. The van der Waals surface area contributed by atoms with E-state index in [4.69, 9.17) is 12.2 Å². The molecule has 0 saturated heterocycles. The van der Waals surface area contributed by atoms with Crippen molar-refractivity contribution in [2.45, 2.75) is 45.1 Å². The number of anilines is 1. The number of hydrogen-bond acceptors (Lipinski definition) is 3. The third-order valence-corrected chi connectivity index (χ3v) is 3.76. The third kappa shape index (κ3) is 5.81. The quantitative estimate of drug-likeness (QED) is 0.454. The number of rotatable bonds is 4. The van der Waals surface area contributed by atoms with Gasteiger partial charge in [-0.15, -0.1) is 0 Å². The lowest BCUT2D eigenvalue weighted by Crippen LogP contribution is -2.40. The minimum Gasteiger partial charge on any atom is -0.359 e. The molecule has 0 bridgehead atoms. The summed E-state index contributed by atoms with van der Waals surface area (Å²) in [6.07, 6.45) is 7.91. The smallest absolute Gasteiger partial charge is 0.221 e. The second-order valence-corrected chi connectivity index (χ2v) is 5.89. The van der Waals surface area contributed by atoms with Gasteiger partial charge in [0.1, 0.15) is 0 Å². The Bertz CT molecular complexity index is 536. The van der Waals surface area contributed by atoms with Crippen molar-refractivity contribution in [3.05, 3.63) is 29.8 Å². The molecule has 1 aliphatic rings. The van der Waals surface area contributed by atoms with Crippen LogP contribution in [0.15, 0.2) is 29.4 Å². The van der Waals surface area contributed by atoms with E-state index in [0.29, 0.717) is 11.2 Å². The molecule has 1 fully saturated rings. The molecule has 0 atom stereocenters. The Labute approximate surface area is 136 Å². The first-order chi connectivity index (χ1) is 10.6. The molecule has 0 aliphatic heterocycles. The van der Waals surface area contributed by atoms with Gasteiger partial charge >= 0.3 is 0 Å². The molecule has 6 heteroatoms. The highest BCUT2D eigenvalue weighted by atomic mass is 32.1. The van der Waals surface area contributed by atoms with Gasteiger partial charge in [0.05, 0.1) is 6.21 Å². The Hall–Kier alpha value is -1.95. The van der Waals surface area contributed by atoms with Gasteiger partial charge in [-0.1, -0.05) is 31.4 Å². The molecule has 0 spiro atoms. The van der Waals surface area contributed by atoms with E-state index in [-0.39, 0.29) is 5.91 Å². The van der Waals surface area contributed by atoms with Crippen LogP contribution in [-0.2, 0) is 4.79 Å². The van der Waals surface area contributed by atoms with E-state index in [2.05, 4.69) is 21.2 Å². The maximum absolute atomic E-state index is 10.9. The molecule has 0 radical (unpaired) electrons. The fourth-order valence-corrected chi connectivity index (χ4v) is 2.71. The Morgan fingerprint density at radius 3 is 2.55 bits per heavy atom. The van der Waals surface area contributed by atoms with Gasteiger partial charge in [0.25, 0.3) is 0 Å². The molecule has 3 N–H and O–H groups in total. The summed E-state index contributed by atoms with van der Waals surface area (Å²) >= 11 is 5.23. The number of carbonyl (C=O) groups excluding carboxylic acids is 1. The number of nitrogens with zero attached hydrogens (tertiary/aromatic N) is 1. The van der Waals surface area contributed by atoms with Crippen LogP contribution in [0.1, 0.15) is 44.6 Å². The van der Waals surface area contributed by atoms with Crippen LogP contribution in [-0.4, -0.2) is 23.3 Å². The van der Waals surface area contributed by atoms with Gasteiger partial charge in [-0.25, -0.2) is 0 Å². The van der Waals surface area contributed by atoms with Crippen LogP contribution in [0, 0.1) is 0 Å². The molecule has 0 aromatic heterocycles. The van der Waals surface area contributed by atoms with Crippen molar-refractivity contribution in [2.24, 2.45) is 5.10 Å². The summed E-state index contributed by atoms with van der Waals surface area (Å²) < 4.78 is 0. The highest BCUT2D eigenvalue weighted by molar-refractivity contribution is 7.80. The highest BCUT2D eigenvalue weighted by Crippen LogP contribution is 2.17. The van der Waals surface area contributed by atoms with E-state index >= 15 is 0 Å². The fourth-order valence-electron chi connectivity index (χ4n) is 2.49. The maximum Gasteiger partial charge on any atom is 0.221 e. The summed E-state index contributed by atoms with van der Waals surface area (Å²) in [6.45, 7) is 1.49. The minimum absolute atomic E-state index is 0.0813. The molecule has 2 rings (SSSR count). The van der Waals surface area contributed by atoms with Crippen LogP contribution in [0.3, 0.4) is 0 Å². The van der Waals surface area contributed by atoms with Crippen molar-refractivity contribution in [2.75, 3.05) is 5.32 Å². The zero-order valence-electron chi connectivity index (χ0n) is 12.8. The first kappa shape index (κ1) is 16.4. The summed E-state index contributed by atoms with van der Waals surface area (Å²) in [5.74, 6) is -0.0813. The van der Waals surface area contributed by atoms with Crippen LogP contribution in [0.4, 0.5) is 5.69 Å². The molecule has 1 saturated carbocycles. The SMILES string of the molecule is CC(=O)Nc1ccc(/C=N\NC(=S)NC2CCCCC2)cc1. The summed E-state index contributed by atoms with van der Waals surface area (Å²) in [7, 11) is 0. The number of benzene rings is 1. The Morgan fingerprint density at radius 2 is 1.91 bits per heavy atom. The largest absolute Gasteiger partial charge is 0.359 e. The van der Waals surface area contributed by atoms with Crippen LogP contribution < -0.4 is 16.1 Å². The molecule has 118 valence electrons. The van der Waals surface area contributed by atoms with Crippen molar-refractivity contribution in [3.8, 4) is 0 Å². The zero-order chi connectivity index (χ0) is 15.8. The Kier molecular flexibility index (Phi) is 6.33. The maximum atomic E-state index is 10.9. The Morgan fingerprint density at radius 1 is 1.23 bits per heavy atom. The van der Waals surface area contributed by atoms with Crippen molar-refractivity contribution >= 4 is 35.1 Å². The molecular weight excluding hydrogens is 296 g/mol. The summed E-state index contributed by atoms with van der Waals surface area (Å²) in [4.78, 5) is 10.9. The molecule has 5 nitrogen and oxygen atoms in total. The van der Waals surface area contributed by atoms with E-state index in [1.807, 2.05) is 24.3 Å². The lowest BCUT2D eigenvalue weighted by molar-refractivity contribution is -0.114. The van der Waals surface area contributed by atoms with Crippen LogP contribution >= 0.6 is 12.2 Å². The van der Waals surface area contributed by atoms with Gasteiger partial charge < -0.3 is 10.6 Å². The van der Waals surface area contributed by atoms with Gasteiger partial charge in [0.2, 0.25) is 5.91 Å². The molecular formula is C16H22N4OS. The third-order valence-electron chi connectivity index (χ3n) is 3.55.